The van der Waals surface area contributed by atoms with Gasteiger partial charge < -0.3 is 5.73 Å². The molecule has 0 aromatic heterocycles. The third-order valence-electron chi connectivity index (χ3n) is 1.76. The van der Waals surface area contributed by atoms with Crippen molar-refractivity contribution < 1.29 is 13.3 Å². The average Bonchev–Trinajstić information content (AvgIpc) is 2.17. The van der Waals surface area contributed by atoms with E-state index in [2.05, 4.69) is 4.72 Å². The minimum Gasteiger partial charge on any atom is -0.397 e. The first-order valence-corrected chi connectivity index (χ1v) is 5.34. The summed E-state index contributed by atoms with van der Waals surface area (Å²) in [7, 11) is -2.44. The maximum Gasteiger partial charge on any atom is 0.271 e. The largest absolute Gasteiger partial charge is 0.397 e. The van der Waals surface area contributed by atoms with Crippen molar-refractivity contribution in [3.8, 4) is 0 Å². The molecular weight excluding hydrogens is 222 g/mol. The van der Waals surface area contributed by atoms with Crippen LogP contribution in [0.25, 0.3) is 0 Å². The predicted molar refractivity (Wildman–Crippen MR) is 53.8 cm³/mol. The Balaban J connectivity index is 3.32. The summed E-state index contributed by atoms with van der Waals surface area (Å²) >= 11 is 0. The topological polar surface area (TPSA) is 115 Å². The standard InChI is InChI=1S/C7H9N3O4S/c1-9-15(13,14)7-3-2-5(10(11)12)4-6(7)8/h2-4,9H,8H2,1H3. The van der Waals surface area contributed by atoms with Gasteiger partial charge in [-0.05, 0) is 13.1 Å². The van der Waals surface area contributed by atoms with Crippen LogP contribution < -0.4 is 10.5 Å². The zero-order chi connectivity index (χ0) is 11.6. The van der Waals surface area contributed by atoms with Gasteiger partial charge >= 0.3 is 0 Å². The molecule has 15 heavy (non-hydrogen) atoms. The number of benzene rings is 1. The van der Waals surface area contributed by atoms with Crippen LogP contribution in [0, 0.1) is 10.1 Å². The molecule has 1 aromatic carbocycles. The van der Waals surface area contributed by atoms with Gasteiger partial charge in [-0.25, -0.2) is 13.1 Å². The Morgan fingerprint density at radius 2 is 2.07 bits per heavy atom. The molecule has 0 aliphatic heterocycles. The molecule has 0 saturated heterocycles. The summed E-state index contributed by atoms with van der Waals surface area (Å²) < 4.78 is 24.8. The SMILES string of the molecule is CNS(=O)(=O)c1ccc([N+](=O)[O-])cc1N. The molecule has 82 valence electrons. The average molecular weight is 231 g/mol. The summed E-state index contributed by atoms with van der Waals surface area (Å²) in [6.07, 6.45) is 0. The number of anilines is 1. The number of nitro benzene ring substituents is 1. The Morgan fingerprint density at radius 3 is 2.47 bits per heavy atom. The highest BCUT2D eigenvalue weighted by Crippen LogP contribution is 2.23. The Kier molecular flexibility index (Phi) is 2.91. The summed E-state index contributed by atoms with van der Waals surface area (Å²) in [5.74, 6) is 0. The zero-order valence-electron chi connectivity index (χ0n) is 7.80. The molecule has 0 saturated carbocycles. The summed E-state index contributed by atoms with van der Waals surface area (Å²) in [5, 5.41) is 10.4. The van der Waals surface area contributed by atoms with Crippen molar-refractivity contribution in [1.29, 1.82) is 0 Å². The number of rotatable bonds is 3. The van der Waals surface area contributed by atoms with Crippen molar-refractivity contribution in [3.63, 3.8) is 0 Å². The van der Waals surface area contributed by atoms with Crippen LogP contribution in [0.15, 0.2) is 23.1 Å². The molecular formula is C7H9N3O4S. The van der Waals surface area contributed by atoms with E-state index in [-0.39, 0.29) is 16.3 Å². The molecule has 0 radical (unpaired) electrons. The number of non-ortho nitro benzene ring substituents is 1. The van der Waals surface area contributed by atoms with Crippen LogP contribution in [0.5, 0.6) is 0 Å². The number of nitrogens with one attached hydrogen (secondary N) is 1. The lowest BCUT2D eigenvalue weighted by Crippen LogP contribution is -2.19. The molecule has 0 amide bonds. The number of hydrogen-bond donors (Lipinski definition) is 2. The van der Waals surface area contributed by atoms with E-state index >= 15 is 0 Å². The van der Waals surface area contributed by atoms with Gasteiger partial charge in [0.05, 0.1) is 10.6 Å². The number of nitrogens with two attached hydrogens (primary N) is 1. The lowest BCUT2D eigenvalue weighted by Gasteiger charge is -2.05. The van der Waals surface area contributed by atoms with Gasteiger partial charge in [-0.2, -0.15) is 0 Å². The maximum atomic E-state index is 11.3. The number of sulfonamides is 1. The Bertz CT molecular complexity index is 497. The smallest absolute Gasteiger partial charge is 0.271 e. The molecule has 7 nitrogen and oxygen atoms in total. The van der Waals surface area contributed by atoms with Crippen LogP contribution in [0.3, 0.4) is 0 Å². The van der Waals surface area contributed by atoms with Crippen molar-refractivity contribution in [2.24, 2.45) is 0 Å². The predicted octanol–water partition coefficient (Wildman–Crippen LogP) is 0.0851. The number of hydrogen-bond acceptors (Lipinski definition) is 5. The third kappa shape index (κ3) is 2.22. The van der Waals surface area contributed by atoms with Gasteiger partial charge in [-0.15, -0.1) is 0 Å². The monoisotopic (exact) mass is 231 g/mol. The van der Waals surface area contributed by atoms with Crippen LogP contribution >= 0.6 is 0 Å². The zero-order valence-corrected chi connectivity index (χ0v) is 8.61. The van der Waals surface area contributed by atoms with E-state index in [9.17, 15) is 18.5 Å². The Morgan fingerprint density at radius 1 is 1.47 bits per heavy atom. The van der Waals surface area contributed by atoms with Gasteiger partial charge in [0.1, 0.15) is 4.90 Å². The molecule has 8 heteroatoms. The Labute approximate surface area is 86.1 Å². The van der Waals surface area contributed by atoms with Crippen LogP contribution in [-0.4, -0.2) is 20.4 Å². The van der Waals surface area contributed by atoms with E-state index in [1.165, 1.54) is 7.05 Å². The van der Waals surface area contributed by atoms with Crippen molar-refractivity contribution >= 4 is 21.4 Å². The second kappa shape index (κ2) is 3.83. The molecule has 0 atom stereocenters. The minimum atomic E-state index is -3.67. The molecule has 0 unspecified atom stereocenters. The number of nitrogens with zero attached hydrogens (tertiary/aromatic N) is 1. The first-order valence-electron chi connectivity index (χ1n) is 3.86. The van der Waals surface area contributed by atoms with E-state index in [1.54, 1.807) is 0 Å². The fourth-order valence-corrected chi connectivity index (χ4v) is 1.84. The van der Waals surface area contributed by atoms with Gasteiger partial charge in [-0.1, -0.05) is 0 Å². The molecule has 0 heterocycles. The first-order chi connectivity index (χ1) is 6.88. The van der Waals surface area contributed by atoms with Crippen molar-refractivity contribution in [2.45, 2.75) is 4.90 Å². The van der Waals surface area contributed by atoms with E-state index in [1.807, 2.05) is 0 Å². The maximum absolute atomic E-state index is 11.3. The summed E-state index contributed by atoms with van der Waals surface area (Å²) in [4.78, 5) is 9.55. The van der Waals surface area contributed by atoms with Crippen molar-refractivity contribution in [1.82, 2.24) is 4.72 Å². The van der Waals surface area contributed by atoms with E-state index in [4.69, 9.17) is 5.73 Å². The number of nitrogen functional groups attached to an aromatic ring is 1. The summed E-state index contributed by atoms with van der Waals surface area (Å²) in [6, 6.07) is 3.18. The van der Waals surface area contributed by atoms with Crippen LogP contribution in [0.2, 0.25) is 0 Å². The second-order valence-electron chi connectivity index (χ2n) is 2.69. The highest BCUT2D eigenvalue weighted by atomic mass is 32.2. The quantitative estimate of drug-likeness (QED) is 0.434. The van der Waals surface area contributed by atoms with E-state index < -0.39 is 14.9 Å². The van der Waals surface area contributed by atoms with E-state index in [0.717, 1.165) is 18.2 Å². The molecule has 0 spiro atoms. The fourth-order valence-electron chi connectivity index (χ4n) is 1.00. The van der Waals surface area contributed by atoms with Crippen molar-refractivity contribution in [3.05, 3.63) is 28.3 Å². The van der Waals surface area contributed by atoms with Gasteiger partial charge in [0.15, 0.2) is 0 Å². The summed E-state index contributed by atoms with van der Waals surface area (Å²) in [6.45, 7) is 0. The second-order valence-corrected chi connectivity index (χ2v) is 4.54. The molecule has 1 aromatic rings. The highest BCUT2D eigenvalue weighted by Gasteiger charge is 2.17. The first kappa shape index (κ1) is 11.4. The van der Waals surface area contributed by atoms with Crippen molar-refractivity contribution in [2.75, 3.05) is 12.8 Å². The van der Waals surface area contributed by atoms with Gasteiger partial charge in [0.2, 0.25) is 10.0 Å². The fraction of sp³-hybridized carbons (Fsp3) is 0.143. The van der Waals surface area contributed by atoms with Crippen LogP contribution in [0.4, 0.5) is 11.4 Å². The molecule has 0 aliphatic carbocycles. The molecule has 1 rings (SSSR count). The number of nitro groups is 1. The van der Waals surface area contributed by atoms with Gasteiger partial charge in [0.25, 0.3) is 5.69 Å². The molecule has 3 N–H and O–H groups in total. The van der Waals surface area contributed by atoms with Gasteiger partial charge in [-0.3, -0.25) is 10.1 Å². The van der Waals surface area contributed by atoms with Crippen LogP contribution in [0.1, 0.15) is 0 Å². The van der Waals surface area contributed by atoms with E-state index in [0.29, 0.717) is 0 Å². The molecule has 0 bridgehead atoms. The molecule has 0 aliphatic rings. The molecule has 0 fully saturated rings. The Hall–Kier alpha value is -1.67. The third-order valence-corrected chi connectivity index (χ3v) is 3.25. The van der Waals surface area contributed by atoms with Crippen LogP contribution in [-0.2, 0) is 10.0 Å². The minimum absolute atomic E-state index is 0.154. The van der Waals surface area contributed by atoms with Gasteiger partial charge in [0, 0.05) is 12.1 Å². The highest BCUT2D eigenvalue weighted by molar-refractivity contribution is 7.89. The summed E-state index contributed by atoms with van der Waals surface area (Å²) in [5.41, 5.74) is 5.00. The normalized spacial score (nSPS) is 11.3. The lowest BCUT2D eigenvalue weighted by molar-refractivity contribution is -0.384. The lowest BCUT2D eigenvalue weighted by atomic mass is 10.3.